The summed E-state index contributed by atoms with van der Waals surface area (Å²) in [5.41, 5.74) is 9.15. The minimum absolute atomic E-state index is 0.0848. The first-order valence-corrected chi connectivity index (χ1v) is 15.8. The molecule has 1 saturated carbocycles. The van der Waals surface area contributed by atoms with Gasteiger partial charge in [-0.1, -0.05) is 19.9 Å². The molecule has 3 aromatic heterocycles. The van der Waals surface area contributed by atoms with E-state index < -0.39 is 9.84 Å². The van der Waals surface area contributed by atoms with Crippen molar-refractivity contribution in [2.75, 3.05) is 28.8 Å². The molecule has 12 heteroatoms. The summed E-state index contributed by atoms with van der Waals surface area (Å²) in [5, 5.41) is 19.0. The molecule has 41 heavy (non-hydrogen) atoms. The van der Waals surface area contributed by atoms with Crippen molar-refractivity contribution in [1.29, 1.82) is 5.26 Å². The fourth-order valence-corrected chi connectivity index (χ4v) is 6.72. The Hall–Kier alpha value is -4.08. The molecule has 0 unspecified atom stereocenters. The molecule has 1 aliphatic heterocycles. The molecule has 0 radical (unpaired) electrons. The normalized spacial score (nSPS) is 19.7. The van der Waals surface area contributed by atoms with Gasteiger partial charge in [-0.3, -0.25) is 4.68 Å². The average molecular weight is 572 g/mol. The number of nitriles is 1. The first-order valence-electron chi connectivity index (χ1n) is 13.7. The largest absolute Gasteiger partial charge is 0.355 e. The van der Waals surface area contributed by atoms with Crippen molar-refractivity contribution in [3.05, 3.63) is 54.6 Å². The van der Waals surface area contributed by atoms with Crippen LogP contribution in [0.1, 0.15) is 44.6 Å². The molecule has 1 saturated heterocycles. The SMILES string of the molecule is CC(C)c1ccc(N2C[C@H](CS(C)(=O)=O)[C@H]2N)c2cnc(Nc3ccnc(-c4cnn(C5(CC#N)CC5)c4)n3)cc12. The van der Waals surface area contributed by atoms with Gasteiger partial charge in [-0.15, -0.1) is 0 Å². The van der Waals surface area contributed by atoms with E-state index in [9.17, 15) is 13.7 Å². The highest BCUT2D eigenvalue weighted by Gasteiger charge is 2.45. The summed E-state index contributed by atoms with van der Waals surface area (Å²) in [7, 11) is -3.10. The van der Waals surface area contributed by atoms with E-state index in [1.165, 1.54) is 11.8 Å². The van der Waals surface area contributed by atoms with Crippen LogP contribution in [0.25, 0.3) is 22.2 Å². The number of rotatable bonds is 9. The Morgan fingerprint density at radius 1 is 1.17 bits per heavy atom. The second-order valence-electron chi connectivity index (χ2n) is 11.6. The lowest BCUT2D eigenvalue weighted by Gasteiger charge is -2.47. The number of aromatic nitrogens is 5. The molecule has 4 heterocycles. The van der Waals surface area contributed by atoms with E-state index in [0.29, 0.717) is 30.4 Å². The van der Waals surface area contributed by atoms with Crippen LogP contribution in [0.5, 0.6) is 0 Å². The van der Waals surface area contributed by atoms with Crippen molar-refractivity contribution in [3.8, 4) is 17.5 Å². The average Bonchev–Trinajstić information content (AvgIpc) is 3.53. The highest BCUT2D eigenvalue weighted by molar-refractivity contribution is 7.90. The maximum atomic E-state index is 11.8. The van der Waals surface area contributed by atoms with E-state index in [1.54, 1.807) is 18.5 Å². The number of anilines is 3. The predicted molar refractivity (Wildman–Crippen MR) is 158 cm³/mol. The van der Waals surface area contributed by atoms with E-state index in [1.807, 2.05) is 23.1 Å². The number of pyridine rings is 1. The Labute approximate surface area is 239 Å². The summed E-state index contributed by atoms with van der Waals surface area (Å²) in [6.45, 7) is 4.89. The molecule has 2 fully saturated rings. The van der Waals surface area contributed by atoms with Crippen LogP contribution in [-0.4, -0.2) is 57.9 Å². The number of sulfone groups is 1. The lowest BCUT2D eigenvalue weighted by atomic mass is 9.92. The highest BCUT2D eigenvalue weighted by atomic mass is 32.2. The van der Waals surface area contributed by atoms with Gasteiger partial charge in [0.1, 0.15) is 21.5 Å². The van der Waals surface area contributed by atoms with E-state index in [0.717, 1.165) is 34.9 Å². The van der Waals surface area contributed by atoms with Crippen LogP contribution >= 0.6 is 0 Å². The van der Waals surface area contributed by atoms with Crippen LogP contribution in [0.4, 0.5) is 17.3 Å². The monoisotopic (exact) mass is 571 g/mol. The Bertz CT molecular complexity index is 1770. The molecule has 1 aliphatic carbocycles. The maximum absolute atomic E-state index is 11.8. The smallest absolute Gasteiger partial charge is 0.164 e. The highest BCUT2D eigenvalue weighted by Crippen LogP contribution is 2.46. The van der Waals surface area contributed by atoms with Gasteiger partial charge in [0.05, 0.1) is 41.7 Å². The quantitative estimate of drug-likeness (QED) is 0.302. The molecule has 0 bridgehead atoms. The molecular formula is C29H33N9O2S. The van der Waals surface area contributed by atoms with Gasteiger partial charge in [0.25, 0.3) is 0 Å². The van der Waals surface area contributed by atoms with Gasteiger partial charge < -0.3 is 16.0 Å². The van der Waals surface area contributed by atoms with Gasteiger partial charge in [-0.05, 0) is 47.9 Å². The van der Waals surface area contributed by atoms with Gasteiger partial charge in [0, 0.05) is 48.4 Å². The summed E-state index contributed by atoms with van der Waals surface area (Å²) in [4.78, 5) is 15.9. The lowest BCUT2D eigenvalue weighted by Crippen LogP contribution is -2.63. The van der Waals surface area contributed by atoms with Crippen molar-refractivity contribution in [2.24, 2.45) is 11.7 Å². The minimum Gasteiger partial charge on any atom is -0.355 e. The minimum atomic E-state index is -3.10. The standard InChI is InChI=1S/C29H33N9O2S/c1-18(2)21-4-5-24(37-15-20(27(37)31)17-41(3,39)40)23-14-33-26(12-22(21)23)35-25-6-11-32-28(36-25)19-13-34-38(16-19)29(7-8-29)9-10-30/h4-6,11-14,16,18,20,27H,7-9,15,17,31H2,1-3H3,(H,32,33,35,36)/t20-,27+/m1/s1. The Balaban J connectivity index is 1.27. The number of nitrogens with one attached hydrogen (secondary N) is 1. The fourth-order valence-electron chi connectivity index (χ4n) is 5.64. The number of hydrogen-bond donors (Lipinski definition) is 2. The van der Waals surface area contributed by atoms with Gasteiger partial charge in [-0.25, -0.2) is 23.4 Å². The van der Waals surface area contributed by atoms with Crippen LogP contribution in [0, 0.1) is 17.2 Å². The Kier molecular flexibility index (Phi) is 6.66. The third-order valence-electron chi connectivity index (χ3n) is 8.11. The predicted octanol–water partition coefficient (Wildman–Crippen LogP) is 3.92. The van der Waals surface area contributed by atoms with Crippen molar-refractivity contribution in [1.82, 2.24) is 24.7 Å². The van der Waals surface area contributed by atoms with E-state index in [-0.39, 0.29) is 29.3 Å². The van der Waals surface area contributed by atoms with E-state index in [4.69, 9.17) is 15.7 Å². The van der Waals surface area contributed by atoms with Crippen molar-refractivity contribution >= 4 is 37.9 Å². The molecule has 212 valence electrons. The summed E-state index contributed by atoms with van der Waals surface area (Å²) >= 11 is 0. The molecule has 11 nitrogen and oxygen atoms in total. The zero-order chi connectivity index (χ0) is 28.9. The van der Waals surface area contributed by atoms with Crippen molar-refractivity contribution < 1.29 is 8.42 Å². The maximum Gasteiger partial charge on any atom is 0.164 e. The Morgan fingerprint density at radius 3 is 2.66 bits per heavy atom. The first kappa shape index (κ1) is 27.1. The number of hydrogen-bond acceptors (Lipinski definition) is 10. The zero-order valence-corrected chi connectivity index (χ0v) is 24.1. The third-order valence-corrected chi connectivity index (χ3v) is 9.14. The molecule has 0 amide bonds. The van der Waals surface area contributed by atoms with Crippen molar-refractivity contribution in [3.63, 3.8) is 0 Å². The number of fused-ring (bicyclic) bond motifs is 1. The molecule has 2 aliphatic rings. The van der Waals surface area contributed by atoms with Crippen LogP contribution in [0.2, 0.25) is 0 Å². The number of benzene rings is 1. The second kappa shape index (κ2) is 10.1. The molecule has 0 spiro atoms. The summed E-state index contributed by atoms with van der Waals surface area (Å²) < 4.78 is 25.5. The topological polar surface area (TPSA) is 156 Å². The summed E-state index contributed by atoms with van der Waals surface area (Å²) in [6.07, 6.45) is 10.4. The summed E-state index contributed by atoms with van der Waals surface area (Å²) in [6, 6.07) is 10.2. The molecule has 3 N–H and O–H groups in total. The van der Waals surface area contributed by atoms with Gasteiger partial charge in [0.15, 0.2) is 5.82 Å². The van der Waals surface area contributed by atoms with Crippen LogP contribution in [0.3, 0.4) is 0 Å². The third kappa shape index (κ3) is 5.23. The molecule has 2 atom stereocenters. The molecule has 1 aromatic carbocycles. The summed E-state index contributed by atoms with van der Waals surface area (Å²) in [5.74, 6) is 2.05. The van der Waals surface area contributed by atoms with Gasteiger partial charge in [0.2, 0.25) is 0 Å². The van der Waals surface area contributed by atoms with Crippen LogP contribution < -0.4 is 16.0 Å². The second-order valence-corrected chi connectivity index (χ2v) is 13.7. The van der Waals surface area contributed by atoms with Crippen LogP contribution in [0.15, 0.2) is 49.1 Å². The Morgan fingerprint density at radius 2 is 1.98 bits per heavy atom. The van der Waals surface area contributed by atoms with Crippen molar-refractivity contribution in [2.45, 2.75) is 50.7 Å². The number of nitrogens with two attached hydrogens (primary N) is 1. The van der Waals surface area contributed by atoms with Gasteiger partial charge in [-0.2, -0.15) is 10.4 Å². The first-order chi connectivity index (χ1) is 19.6. The van der Waals surface area contributed by atoms with Crippen LogP contribution in [-0.2, 0) is 15.4 Å². The van der Waals surface area contributed by atoms with Gasteiger partial charge >= 0.3 is 0 Å². The lowest BCUT2D eigenvalue weighted by molar-refractivity contribution is 0.328. The van der Waals surface area contributed by atoms with E-state index >= 15 is 0 Å². The number of nitrogens with zero attached hydrogens (tertiary/aromatic N) is 7. The van der Waals surface area contributed by atoms with E-state index in [2.05, 4.69) is 52.3 Å². The fraction of sp³-hybridized carbons (Fsp3) is 0.414. The molecule has 6 rings (SSSR count). The molecule has 4 aromatic rings. The zero-order valence-electron chi connectivity index (χ0n) is 23.3. The molecular weight excluding hydrogens is 538 g/mol.